The van der Waals surface area contributed by atoms with Gasteiger partial charge in [-0.15, -0.1) is 0 Å². The minimum atomic E-state index is -3.36. The largest absolute Gasteiger partial charge is 0.375 e. The molecule has 162 valence electrons. The maximum Gasteiger partial charge on any atom is 0.269 e. The van der Waals surface area contributed by atoms with Crippen molar-refractivity contribution < 1.29 is 17.9 Å². The molecule has 0 bridgehead atoms. The molecule has 1 heterocycles. The predicted molar refractivity (Wildman–Crippen MR) is 120 cm³/mol. The first-order chi connectivity index (χ1) is 14.1. The molecular formula is C20H23Cl2N3O4S. The smallest absolute Gasteiger partial charge is 0.269 e. The van der Waals surface area contributed by atoms with E-state index in [0.29, 0.717) is 29.2 Å². The van der Waals surface area contributed by atoms with E-state index in [2.05, 4.69) is 15.0 Å². The molecule has 0 saturated heterocycles. The number of aromatic amines is 1. The highest BCUT2D eigenvalue weighted by atomic mass is 35.5. The van der Waals surface area contributed by atoms with Crippen molar-refractivity contribution in [1.82, 2.24) is 10.3 Å². The number of aromatic nitrogens is 1. The number of anilines is 1. The standard InChI is InChI=1S/C20H23Cl2N3O4S/c1-11-17(21)18(22)19(23-11)20(26)24-15-8-7-13(10-16(15)29-2)12-5-4-6-14(9-12)25-30(3,27)28/h4-6,9-10,15-16,23,25H,7-8H2,1-3H3,(H,24,26)/t15-,16-/m0/s1. The molecule has 30 heavy (non-hydrogen) atoms. The number of H-pyrrole nitrogens is 1. The van der Waals surface area contributed by atoms with Crippen LogP contribution in [0.15, 0.2) is 30.3 Å². The summed E-state index contributed by atoms with van der Waals surface area (Å²) in [6.07, 6.45) is 4.03. The first-order valence-corrected chi connectivity index (χ1v) is 11.9. The summed E-state index contributed by atoms with van der Waals surface area (Å²) in [6.45, 7) is 1.74. The SMILES string of the molecule is CO[C@H]1C=C(c2cccc(NS(C)(=O)=O)c2)CC[C@@H]1NC(=O)c1[nH]c(C)c(Cl)c1Cl. The van der Waals surface area contributed by atoms with Crippen LogP contribution < -0.4 is 10.0 Å². The number of aryl methyl sites for hydroxylation is 1. The first kappa shape index (κ1) is 22.7. The molecule has 0 unspecified atom stereocenters. The van der Waals surface area contributed by atoms with Crippen LogP contribution in [0.5, 0.6) is 0 Å². The minimum absolute atomic E-state index is 0.197. The van der Waals surface area contributed by atoms with E-state index >= 15 is 0 Å². The molecule has 1 aliphatic carbocycles. The van der Waals surface area contributed by atoms with E-state index in [1.165, 1.54) is 0 Å². The highest BCUT2D eigenvalue weighted by Crippen LogP contribution is 2.32. The van der Waals surface area contributed by atoms with Crippen molar-refractivity contribution in [3.05, 3.63) is 57.3 Å². The van der Waals surface area contributed by atoms with Crippen LogP contribution in [0.2, 0.25) is 10.0 Å². The Balaban J connectivity index is 1.78. The number of carbonyl (C=O) groups is 1. The van der Waals surface area contributed by atoms with Crippen LogP contribution in [-0.2, 0) is 14.8 Å². The lowest BCUT2D eigenvalue weighted by atomic mass is 9.88. The number of rotatable bonds is 6. The number of carbonyl (C=O) groups excluding carboxylic acids is 1. The zero-order valence-corrected chi connectivity index (χ0v) is 19.1. The highest BCUT2D eigenvalue weighted by Gasteiger charge is 2.28. The summed E-state index contributed by atoms with van der Waals surface area (Å²) < 4.78 is 31.1. The number of hydrogen-bond acceptors (Lipinski definition) is 4. The Morgan fingerprint density at radius 2 is 2.00 bits per heavy atom. The lowest BCUT2D eigenvalue weighted by Gasteiger charge is -2.30. The Kier molecular flexibility index (Phi) is 6.81. The minimum Gasteiger partial charge on any atom is -0.375 e. The van der Waals surface area contributed by atoms with Crippen LogP contribution in [0.3, 0.4) is 0 Å². The molecular weight excluding hydrogens is 449 g/mol. The first-order valence-electron chi connectivity index (χ1n) is 9.25. The van der Waals surface area contributed by atoms with Crippen molar-refractivity contribution >= 4 is 50.4 Å². The Bertz CT molecular complexity index is 1100. The van der Waals surface area contributed by atoms with Gasteiger partial charge in [0.15, 0.2) is 0 Å². The number of amides is 1. The van der Waals surface area contributed by atoms with E-state index in [0.717, 1.165) is 17.4 Å². The second-order valence-electron chi connectivity index (χ2n) is 7.22. The zero-order chi connectivity index (χ0) is 22.1. The third-order valence-electron chi connectivity index (χ3n) is 4.89. The Morgan fingerprint density at radius 1 is 1.27 bits per heavy atom. The maximum absolute atomic E-state index is 12.7. The molecule has 0 fully saturated rings. The highest BCUT2D eigenvalue weighted by molar-refractivity contribution is 7.92. The van der Waals surface area contributed by atoms with Gasteiger partial charge in [0.25, 0.3) is 5.91 Å². The van der Waals surface area contributed by atoms with E-state index in [-0.39, 0.29) is 28.8 Å². The molecule has 2 atom stereocenters. The lowest BCUT2D eigenvalue weighted by Crippen LogP contribution is -2.45. The van der Waals surface area contributed by atoms with Gasteiger partial charge in [0.2, 0.25) is 10.0 Å². The molecule has 1 aliphatic rings. The van der Waals surface area contributed by atoms with Crippen LogP contribution in [-0.4, -0.2) is 44.8 Å². The number of nitrogens with one attached hydrogen (secondary N) is 3. The Labute approximate surface area is 185 Å². The average molecular weight is 472 g/mol. The summed E-state index contributed by atoms with van der Waals surface area (Å²) >= 11 is 12.2. The topological polar surface area (TPSA) is 100 Å². The zero-order valence-electron chi connectivity index (χ0n) is 16.8. The summed E-state index contributed by atoms with van der Waals surface area (Å²) in [4.78, 5) is 15.6. The van der Waals surface area contributed by atoms with Crippen LogP contribution in [0.4, 0.5) is 5.69 Å². The van der Waals surface area contributed by atoms with Crippen LogP contribution in [0, 0.1) is 6.92 Å². The third kappa shape index (κ3) is 5.18. The van der Waals surface area contributed by atoms with Crippen molar-refractivity contribution in [3.63, 3.8) is 0 Å². The van der Waals surface area contributed by atoms with Crippen molar-refractivity contribution in [2.45, 2.75) is 31.9 Å². The quantitative estimate of drug-likeness (QED) is 0.592. The molecule has 2 aromatic rings. The van der Waals surface area contributed by atoms with Gasteiger partial charge in [0.05, 0.1) is 28.4 Å². The van der Waals surface area contributed by atoms with Gasteiger partial charge in [-0.1, -0.05) is 41.4 Å². The van der Waals surface area contributed by atoms with Gasteiger partial charge in [-0.2, -0.15) is 0 Å². The van der Waals surface area contributed by atoms with Crippen LogP contribution in [0.25, 0.3) is 5.57 Å². The monoisotopic (exact) mass is 471 g/mol. The third-order valence-corrected chi connectivity index (χ3v) is 6.45. The molecule has 1 aromatic carbocycles. The molecule has 0 aliphatic heterocycles. The van der Waals surface area contributed by atoms with E-state index in [9.17, 15) is 13.2 Å². The molecule has 0 saturated carbocycles. The Morgan fingerprint density at radius 3 is 2.60 bits per heavy atom. The van der Waals surface area contributed by atoms with Gasteiger partial charge in [-0.3, -0.25) is 9.52 Å². The van der Waals surface area contributed by atoms with Gasteiger partial charge >= 0.3 is 0 Å². The number of ether oxygens (including phenoxy) is 1. The Hall–Kier alpha value is -2.00. The molecule has 0 spiro atoms. The van der Waals surface area contributed by atoms with Gasteiger partial charge in [0, 0.05) is 18.5 Å². The van der Waals surface area contributed by atoms with Crippen LogP contribution >= 0.6 is 23.2 Å². The molecule has 1 amide bonds. The van der Waals surface area contributed by atoms with Crippen molar-refractivity contribution in [1.29, 1.82) is 0 Å². The van der Waals surface area contributed by atoms with E-state index in [4.69, 9.17) is 27.9 Å². The van der Waals surface area contributed by atoms with Gasteiger partial charge in [-0.25, -0.2) is 8.42 Å². The number of hydrogen-bond donors (Lipinski definition) is 3. The molecule has 0 radical (unpaired) electrons. The second kappa shape index (κ2) is 9.01. The molecule has 7 nitrogen and oxygen atoms in total. The van der Waals surface area contributed by atoms with Gasteiger partial charge < -0.3 is 15.0 Å². The average Bonchev–Trinajstić information content (AvgIpc) is 2.94. The number of sulfonamides is 1. The summed E-state index contributed by atoms with van der Waals surface area (Å²) in [5.74, 6) is -0.349. The summed E-state index contributed by atoms with van der Waals surface area (Å²) in [5.41, 5.74) is 3.26. The fraction of sp³-hybridized carbons (Fsp3) is 0.350. The summed E-state index contributed by atoms with van der Waals surface area (Å²) in [5, 5.41) is 3.49. The molecule has 10 heteroatoms. The van der Waals surface area contributed by atoms with E-state index in [1.54, 1.807) is 32.2 Å². The van der Waals surface area contributed by atoms with Gasteiger partial charge in [-0.05, 0) is 43.0 Å². The lowest BCUT2D eigenvalue weighted by molar-refractivity contribution is 0.0768. The number of allylic oxidation sites excluding steroid dienone is 1. The molecule has 1 aromatic heterocycles. The van der Waals surface area contributed by atoms with Crippen LogP contribution in [0.1, 0.15) is 34.6 Å². The predicted octanol–water partition coefficient (Wildman–Crippen LogP) is 3.99. The summed E-state index contributed by atoms with van der Waals surface area (Å²) in [7, 11) is -1.78. The van der Waals surface area contributed by atoms with Gasteiger partial charge in [0.1, 0.15) is 5.69 Å². The maximum atomic E-state index is 12.7. The van der Waals surface area contributed by atoms with Crippen molar-refractivity contribution in [2.75, 3.05) is 18.1 Å². The second-order valence-corrected chi connectivity index (χ2v) is 9.72. The molecule has 3 rings (SSSR count). The molecule has 3 N–H and O–H groups in total. The number of methoxy groups -OCH3 is 1. The number of benzene rings is 1. The fourth-order valence-corrected chi connectivity index (χ4v) is 4.44. The van der Waals surface area contributed by atoms with E-state index < -0.39 is 10.0 Å². The normalized spacial score (nSPS) is 19.3. The van der Waals surface area contributed by atoms with Crippen molar-refractivity contribution in [2.24, 2.45) is 0 Å². The number of halogens is 2. The van der Waals surface area contributed by atoms with E-state index in [1.807, 2.05) is 12.1 Å². The fourth-order valence-electron chi connectivity index (χ4n) is 3.47. The van der Waals surface area contributed by atoms with Crippen molar-refractivity contribution in [3.8, 4) is 0 Å². The summed E-state index contributed by atoms with van der Waals surface area (Å²) in [6, 6.07) is 6.93.